The molecule has 2 nitrogen and oxygen atoms in total. The van der Waals surface area contributed by atoms with E-state index < -0.39 is 0 Å². The molecule has 1 aliphatic rings. The smallest absolute Gasteiger partial charge is 0.0261 e. The Hall–Kier alpha value is -0.390. The molecule has 0 spiro atoms. The number of rotatable bonds is 3. The number of hydrogen-bond donors (Lipinski definition) is 0. The van der Waals surface area contributed by atoms with Crippen molar-refractivity contribution in [3.8, 4) is 0 Å². The van der Waals surface area contributed by atoms with Gasteiger partial charge in [-0.1, -0.05) is 24.3 Å². The van der Waals surface area contributed by atoms with Crippen LogP contribution in [-0.4, -0.2) is 37.6 Å². The number of halogens is 1. The third-order valence-electron chi connectivity index (χ3n) is 2.69. The summed E-state index contributed by atoms with van der Waals surface area (Å²) >= 11 is 2.33. The van der Waals surface area contributed by atoms with Crippen LogP contribution in [0.2, 0.25) is 0 Å². The first-order chi connectivity index (χ1) is 7.84. The summed E-state index contributed by atoms with van der Waals surface area (Å²) in [5.74, 6) is 0. The molecule has 0 bridgehead atoms. The second-order valence-corrected chi connectivity index (χ2v) is 5.17. The molecule has 1 fully saturated rings. The molecule has 1 saturated heterocycles. The molecule has 1 heterocycles. The van der Waals surface area contributed by atoms with Gasteiger partial charge in [-0.15, -0.1) is 0 Å². The van der Waals surface area contributed by atoms with Gasteiger partial charge in [0.1, 0.15) is 0 Å². The highest BCUT2D eigenvalue weighted by molar-refractivity contribution is 14.1. The first-order valence-electron chi connectivity index (χ1n) is 5.62. The molecule has 0 unspecified atom stereocenters. The highest BCUT2D eigenvalue weighted by Gasteiger charge is 2.07. The van der Waals surface area contributed by atoms with E-state index in [2.05, 4.69) is 69.2 Å². The van der Waals surface area contributed by atoms with E-state index in [1.54, 1.807) is 0 Å². The maximum atomic E-state index is 4.34. The fraction of sp³-hybridized carbons (Fsp3) is 0.385. The zero-order valence-electron chi connectivity index (χ0n) is 9.27. The van der Waals surface area contributed by atoms with Gasteiger partial charge in [-0.2, -0.15) is 0 Å². The third-order valence-corrected chi connectivity index (χ3v) is 3.41. The molecule has 0 amide bonds. The summed E-state index contributed by atoms with van der Waals surface area (Å²) in [7, 11) is 0. The van der Waals surface area contributed by atoms with E-state index in [-0.39, 0.29) is 0 Å². The van der Waals surface area contributed by atoms with E-state index in [1.807, 2.05) is 0 Å². The summed E-state index contributed by atoms with van der Waals surface area (Å²) in [6.45, 7) is 5.25. The van der Waals surface area contributed by atoms with Crippen molar-refractivity contribution in [2.45, 2.75) is 0 Å². The average Bonchev–Trinajstić information content (AvgIpc) is 2.33. The fourth-order valence-electron chi connectivity index (χ4n) is 1.74. The largest absolute Gasteiger partial charge is 0.297 e. The molecule has 0 atom stereocenters. The van der Waals surface area contributed by atoms with E-state index in [0.29, 0.717) is 0 Å². The lowest BCUT2D eigenvalue weighted by molar-refractivity contribution is 0.262. The molecule has 0 N–H and O–H groups in total. The van der Waals surface area contributed by atoms with Crippen LogP contribution in [0.5, 0.6) is 0 Å². The molecule has 0 aromatic heterocycles. The topological polar surface area (TPSA) is 17.3 Å². The summed E-state index contributed by atoms with van der Waals surface area (Å²) in [6.07, 6.45) is 4.44. The third kappa shape index (κ3) is 3.88. The van der Waals surface area contributed by atoms with Crippen LogP contribution in [0.1, 0.15) is 5.56 Å². The maximum Gasteiger partial charge on any atom is 0.0261 e. The van der Waals surface area contributed by atoms with Crippen molar-refractivity contribution >= 4 is 28.7 Å². The Labute approximate surface area is 111 Å². The summed E-state index contributed by atoms with van der Waals surface area (Å²) in [4.78, 5) is 2.44. The number of hydrogen-bond acceptors (Lipinski definition) is 1. The van der Waals surface area contributed by atoms with E-state index >= 15 is 0 Å². The van der Waals surface area contributed by atoms with Crippen LogP contribution in [0.15, 0.2) is 30.3 Å². The lowest BCUT2D eigenvalue weighted by Crippen LogP contribution is -2.40. The highest BCUT2D eigenvalue weighted by Crippen LogP contribution is 2.08. The van der Waals surface area contributed by atoms with Crippen LogP contribution in [0.4, 0.5) is 0 Å². The lowest BCUT2D eigenvalue weighted by Gasteiger charge is -2.24. The van der Waals surface area contributed by atoms with E-state index in [1.165, 1.54) is 9.13 Å². The maximum absolute atomic E-state index is 4.34. The van der Waals surface area contributed by atoms with Gasteiger partial charge in [0.25, 0.3) is 0 Å². The Kier molecular flexibility index (Phi) is 4.81. The summed E-state index contributed by atoms with van der Waals surface area (Å²) in [5, 5.41) is 4.34. The lowest BCUT2D eigenvalue weighted by atomic mass is 10.2. The van der Waals surface area contributed by atoms with Crippen molar-refractivity contribution in [1.82, 2.24) is 10.2 Å². The van der Waals surface area contributed by atoms with Crippen molar-refractivity contribution in [2.75, 3.05) is 32.7 Å². The Morgan fingerprint density at radius 2 is 1.88 bits per heavy atom. The Morgan fingerprint density at radius 3 is 2.56 bits per heavy atom. The van der Waals surface area contributed by atoms with Crippen molar-refractivity contribution in [1.29, 1.82) is 0 Å². The minimum Gasteiger partial charge on any atom is -0.297 e. The summed E-state index contributed by atoms with van der Waals surface area (Å²) < 4.78 is 1.28. The molecule has 0 saturated carbocycles. The van der Waals surface area contributed by atoms with E-state index in [4.69, 9.17) is 0 Å². The predicted octanol–water partition coefficient (Wildman–Crippen LogP) is 2.22. The van der Waals surface area contributed by atoms with Crippen LogP contribution < -0.4 is 5.32 Å². The Balaban J connectivity index is 1.82. The van der Waals surface area contributed by atoms with Gasteiger partial charge in [0.05, 0.1) is 0 Å². The van der Waals surface area contributed by atoms with Gasteiger partial charge < -0.3 is 0 Å². The van der Waals surface area contributed by atoms with Crippen molar-refractivity contribution < 1.29 is 0 Å². The van der Waals surface area contributed by atoms with Gasteiger partial charge in [-0.05, 0) is 40.3 Å². The minimum atomic E-state index is 0.997. The number of piperazine rings is 1. The summed E-state index contributed by atoms with van der Waals surface area (Å²) in [6, 6.07) is 8.59. The highest BCUT2D eigenvalue weighted by atomic mass is 127. The summed E-state index contributed by atoms with van der Waals surface area (Å²) in [5.41, 5.74) is 1.28. The number of nitrogens with zero attached hydrogens (tertiary/aromatic N) is 2. The molecule has 1 aromatic carbocycles. The van der Waals surface area contributed by atoms with E-state index in [9.17, 15) is 0 Å². The molecule has 2 rings (SSSR count). The molecular weight excluding hydrogens is 311 g/mol. The van der Waals surface area contributed by atoms with Crippen LogP contribution >= 0.6 is 22.6 Å². The monoisotopic (exact) mass is 327 g/mol. The van der Waals surface area contributed by atoms with Crippen LogP contribution in [0, 0.1) is 3.57 Å². The van der Waals surface area contributed by atoms with Gasteiger partial charge in [-0.25, -0.2) is 5.32 Å². The van der Waals surface area contributed by atoms with Gasteiger partial charge in [0.15, 0.2) is 0 Å². The molecular formula is C13H16IN2. The van der Waals surface area contributed by atoms with Crippen molar-refractivity contribution in [3.63, 3.8) is 0 Å². The van der Waals surface area contributed by atoms with Crippen LogP contribution in [0.25, 0.3) is 6.08 Å². The van der Waals surface area contributed by atoms with Crippen LogP contribution in [-0.2, 0) is 0 Å². The SMILES string of the molecule is Ic1ccc(/C=C/CN2CC[N]CC2)cc1. The predicted molar refractivity (Wildman–Crippen MR) is 76.5 cm³/mol. The van der Waals surface area contributed by atoms with Crippen LogP contribution in [0.3, 0.4) is 0 Å². The first-order valence-corrected chi connectivity index (χ1v) is 6.70. The Bertz CT molecular complexity index is 339. The normalized spacial score (nSPS) is 18.1. The van der Waals surface area contributed by atoms with Gasteiger partial charge in [0.2, 0.25) is 0 Å². The molecule has 0 aliphatic carbocycles. The molecule has 1 aromatic rings. The molecule has 3 heteroatoms. The quantitative estimate of drug-likeness (QED) is 0.779. The average molecular weight is 327 g/mol. The fourth-order valence-corrected chi connectivity index (χ4v) is 2.10. The Morgan fingerprint density at radius 1 is 1.19 bits per heavy atom. The number of benzene rings is 1. The minimum absolute atomic E-state index is 0.997. The molecule has 1 radical (unpaired) electrons. The molecule has 85 valence electrons. The van der Waals surface area contributed by atoms with Crippen molar-refractivity contribution in [3.05, 3.63) is 39.5 Å². The van der Waals surface area contributed by atoms with Gasteiger partial charge in [0, 0.05) is 36.3 Å². The van der Waals surface area contributed by atoms with Gasteiger partial charge in [-0.3, -0.25) is 4.90 Å². The second kappa shape index (κ2) is 6.37. The van der Waals surface area contributed by atoms with Gasteiger partial charge >= 0.3 is 0 Å². The molecule has 1 aliphatic heterocycles. The molecule has 16 heavy (non-hydrogen) atoms. The van der Waals surface area contributed by atoms with Crippen molar-refractivity contribution in [2.24, 2.45) is 0 Å². The second-order valence-electron chi connectivity index (χ2n) is 3.93. The van der Waals surface area contributed by atoms with E-state index in [0.717, 1.165) is 32.7 Å². The zero-order valence-corrected chi connectivity index (χ0v) is 11.4. The first kappa shape index (κ1) is 12.1. The standard InChI is InChI=1S/C13H16IN2/c14-13-5-3-12(4-6-13)2-1-9-16-10-7-15-8-11-16/h1-6H,7-11H2/b2-1+. The zero-order chi connectivity index (χ0) is 11.2.